The van der Waals surface area contributed by atoms with Crippen LogP contribution in [0.1, 0.15) is 39.5 Å². The van der Waals surface area contributed by atoms with Crippen molar-refractivity contribution in [2.45, 2.75) is 40.0 Å². The largest absolute Gasteiger partial charge is 1.00 e. The quantitative estimate of drug-likeness (QED) is 0.314. The number of nitrogens with zero attached hydrogens (tertiary/aromatic N) is 1. The number of carbonyl (C=O) groups is 1. The first-order valence-corrected chi connectivity index (χ1v) is 7.81. The Hall–Kier alpha value is -1.36. The third kappa shape index (κ3) is 5.65. The summed E-state index contributed by atoms with van der Waals surface area (Å²) < 4.78 is 6.26. The number of halogens is 1. The minimum Gasteiger partial charge on any atom is -1.00 e. The van der Waals surface area contributed by atoms with Crippen molar-refractivity contribution >= 4 is 5.97 Å². The fourth-order valence-corrected chi connectivity index (χ4v) is 2.75. The van der Waals surface area contributed by atoms with Gasteiger partial charge in [-0.3, -0.25) is 4.48 Å². The van der Waals surface area contributed by atoms with Crippen molar-refractivity contribution in [3.8, 4) is 0 Å². The van der Waals surface area contributed by atoms with E-state index in [0.29, 0.717) is 16.6 Å². The Morgan fingerprint density at radius 2 is 1.78 bits per heavy atom. The lowest BCUT2D eigenvalue weighted by Gasteiger charge is -2.43. The zero-order valence-corrected chi connectivity index (χ0v) is 15.2. The van der Waals surface area contributed by atoms with E-state index in [4.69, 9.17) is 4.74 Å². The normalized spacial score (nSPS) is 13.6. The highest BCUT2D eigenvalue weighted by molar-refractivity contribution is 5.87. The molecule has 0 saturated carbocycles. The van der Waals surface area contributed by atoms with Crippen LogP contribution in [0.5, 0.6) is 0 Å². The van der Waals surface area contributed by atoms with Crippen LogP contribution in [0.25, 0.3) is 0 Å². The molecule has 0 radical (unpaired) electrons. The van der Waals surface area contributed by atoms with Gasteiger partial charge in [-0.1, -0.05) is 24.8 Å². The van der Waals surface area contributed by atoms with E-state index < -0.39 is 18.3 Å². The third-order valence-electron chi connectivity index (χ3n) is 4.04. The number of hydrogen-bond donors (Lipinski definition) is 1. The van der Waals surface area contributed by atoms with Crippen molar-refractivity contribution in [1.82, 2.24) is 0 Å². The van der Waals surface area contributed by atoms with Gasteiger partial charge in [0.1, 0.15) is 12.6 Å². The van der Waals surface area contributed by atoms with Gasteiger partial charge in [0.2, 0.25) is 0 Å². The molecule has 130 valence electrons. The number of aliphatic hydroxyl groups excluding tert-OH is 1. The minimum absolute atomic E-state index is 0. The molecule has 0 aliphatic rings. The molecule has 5 heteroatoms. The van der Waals surface area contributed by atoms with Gasteiger partial charge in [-0.15, -0.1) is 0 Å². The fraction of sp³-hybridized carbons (Fsp3) is 0.500. The van der Waals surface area contributed by atoms with Gasteiger partial charge < -0.3 is 22.3 Å². The van der Waals surface area contributed by atoms with E-state index in [1.165, 1.54) is 0 Å². The Kier molecular flexibility index (Phi) is 9.13. The highest BCUT2D eigenvalue weighted by Gasteiger charge is 2.39. The highest BCUT2D eigenvalue weighted by Crippen LogP contribution is 2.31. The Bertz CT molecular complexity index is 498. The number of quaternary nitrogens is 1. The second kappa shape index (κ2) is 9.71. The van der Waals surface area contributed by atoms with E-state index in [9.17, 15) is 9.90 Å². The van der Waals surface area contributed by atoms with Crippen LogP contribution >= 0.6 is 0 Å². The summed E-state index contributed by atoms with van der Waals surface area (Å²) in [5.74, 6) is -0.399. The first-order chi connectivity index (χ1) is 10.4. The van der Waals surface area contributed by atoms with Crippen LogP contribution in [0.15, 0.2) is 42.5 Å². The maximum atomic E-state index is 12.1. The number of aliphatic hydroxyl groups is 1. The molecule has 0 saturated heterocycles. The Morgan fingerprint density at radius 3 is 2.17 bits per heavy atom. The lowest BCUT2D eigenvalue weighted by molar-refractivity contribution is -0.975. The smallest absolute Gasteiger partial charge is 0.337 e. The zero-order valence-electron chi connectivity index (χ0n) is 14.5. The SMILES string of the molecule is C=C(C)C(=O)OC(c1ccccc1)[N+](CC)(CC)CC(C)O.[Cl-]. The summed E-state index contributed by atoms with van der Waals surface area (Å²) in [5, 5.41) is 9.92. The number of hydrogen-bond acceptors (Lipinski definition) is 3. The first-order valence-electron chi connectivity index (χ1n) is 7.81. The molecule has 0 amide bonds. The number of rotatable bonds is 8. The van der Waals surface area contributed by atoms with Crippen LogP contribution in [-0.2, 0) is 9.53 Å². The summed E-state index contributed by atoms with van der Waals surface area (Å²) in [5.41, 5.74) is 1.31. The van der Waals surface area contributed by atoms with Crippen LogP contribution in [0.2, 0.25) is 0 Å². The molecule has 4 nitrogen and oxygen atoms in total. The van der Waals surface area contributed by atoms with Crippen LogP contribution in [-0.4, -0.2) is 41.3 Å². The van der Waals surface area contributed by atoms with Gasteiger partial charge in [-0.05, 0) is 39.8 Å². The number of ether oxygens (including phenoxy) is 1. The van der Waals surface area contributed by atoms with E-state index in [0.717, 1.165) is 18.7 Å². The summed E-state index contributed by atoms with van der Waals surface area (Å²) in [6, 6.07) is 9.70. The number of benzene rings is 1. The molecule has 1 rings (SSSR count). The lowest BCUT2D eigenvalue weighted by atomic mass is 10.1. The second-order valence-electron chi connectivity index (χ2n) is 5.83. The molecule has 2 unspecified atom stereocenters. The molecule has 0 spiro atoms. The number of carbonyl (C=O) groups excluding carboxylic acids is 1. The highest BCUT2D eigenvalue weighted by atomic mass is 35.5. The summed E-state index contributed by atoms with van der Waals surface area (Å²) in [6.07, 6.45) is -0.926. The standard InChI is InChI=1S/C18H28NO3.ClH/c1-6-19(7-2,13-15(5)20)17(22-18(21)14(3)4)16-11-9-8-10-12-16;/h8-12,15,17,20H,3,6-7,13H2,1-2,4-5H3;1H/q+1;/p-1. The van der Waals surface area contributed by atoms with E-state index in [-0.39, 0.29) is 12.4 Å². The monoisotopic (exact) mass is 341 g/mol. The molecule has 0 aliphatic heterocycles. The predicted octanol–water partition coefficient (Wildman–Crippen LogP) is 0.0459. The van der Waals surface area contributed by atoms with Crippen molar-refractivity contribution in [3.63, 3.8) is 0 Å². The molecular formula is C18H28ClNO3. The summed E-state index contributed by atoms with van der Waals surface area (Å²) in [7, 11) is 0. The van der Waals surface area contributed by atoms with Crippen LogP contribution in [0, 0.1) is 0 Å². The van der Waals surface area contributed by atoms with Crippen molar-refractivity contribution < 1.29 is 31.5 Å². The molecule has 0 bridgehead atoms. The molecular weight excluding hydrogens is 314 g/mol. The van der Waals surface area contributed by atoms with Crippen LogP contribution < -0.4 is 12.4 Å². The van der Waals surface area contributed by atoms with Crippen LogP contribution in [0.3, 0.4) is 0 Å². The maximum absolute atomic E-state index is 12.1. The number of likely N-dealkylation sites (N-methyl/N-ethyl adjacent to an activating group) is 1. The van der Waals surface area contributed by atoms with Gasteiger partial charge in [-0.25, -0.2) is 4.79 Å². The van der Waals surface area contributed by atoms with Gasteiger partial charge >= 0.3 is 5.97 Å². The first kappa shape index (κ1) is 21.6. The minimum atomic E-state index is -0.477. The van der Waals surface area contributed by atoms with E-state index in [1.54, 1.807) is 13.8 Å². The van der Waals surface area contributed by atoms with Crippen molar-refractivity contribution in [2.75, 3.05) is 19.6 Å². The Balaban J connectivity index is 0.00000484. The Labute approximate surface area is 145 Å². The Morgan fingerprint density at radius 1 is 1.26 bits per heavy atom. The average molecular weight is 342 g/mol. The predicted molar refractivity (Wildman–Crippen MR) is 88.0 cm³/mol. The lowest BCUT2D eigenvalue weighted by Crippen LogP contribution is -3.00. The van der Waals surface area contributed by atoms with Crippen molar-refractivity contribution in [3.05, 3.63) is 48.0 Å². The molecule has 1 aromatic carbocycles. The summed E-state index contributed by atoms with van der Waals surface area (Å²) >= 11 is 0. The van der Waals surface area contributed by atoms with E-state index >= 15 is 0 Å². The van der Waals surface area contributed by atoms with Gasteiger partial charge in [-0.2, -0.15) is 0 Å². The molecule has 0 aromatic heterocycles. The summed E-state index contributed by atoms with van der Waals surface area (Å²) in [4.78, 5) is 12.1. The molecule has 0 aliphatic carbocycles. The number of esters is 1. The van der Waals surface area contributed by atoms with Gasteiger partial charge in [0.15, 0.2) is 0 Å². The van der Waals surface area contributed by atoms with E-state index in [1.807, 2.05) is 30.3 Å². The van der Waals surface area contributed by atoms with E-state index in [2.05, 4.69) is 20.4 Å². The van der Waals surface area contributed by atoms with Crippen molar-refractivity contribution in [2.24, 2.45) is 0 Å². The van der Waals surface area contributed by atoms with Gasteiger partial charge in [0.05, 0.1) is 18.7 Å². The average Bonchev–Trinajstić information content (AvgIpc) is 2.50. The fourth-order valence-electron chi connectivity index (χ4n) is 2.75. The maximum Gasteiger partial charge on any atom is 0.337 e. The third-order valence-corrected chi connectivity index (χ3v) is 4.04. The molecule has 23 heavy (non-hydrogen) atoms. The van der Waals surface area contributed by atoms with Crippen molar-refractivity contribution in [1.29, 1.82) is 0 Å². The molecule has 0 heterocycles. The second-order valence-corrected chi connectivity index (χ2v) is 5.83. The van der Waals surface area contributed by atoms with Crippen LogP contribution in [0.4, 0.5) is 0 Å². The molecule has 1 N–H and O–H groups in total. The topological polar surface area (TPSA) is 46.5 Å². The van der Waals surface area contributed by atoms with Gasteiger partial charge in [0, 0.05) is 5.57 Å². The van der Waals surface area contributed by atoms with Gasteiger partial charge in [0.25, 0.3) is 6.23 Å². The zero-order chi connectivity index (χ0) is 16.8. The summed E-state index contributed by atoms with van der Waals surface area (Å²) in [6.45, 7) is 13.2. The molecule has 1 aromatic rings. The molecule has 2 atom stereocenters. The molecule has 0 fully saturated rings.